The van der Waals surface area contributed by atoms with Crippen molar-refractivity contribution < 1.29 is 14.3 Å². The van der Waals surface area contributed by atoms with Gasteiger partial charge in [-0.3, -0.25) is 4.79 Å². The number of anilines is 1. The number of nitrogen functional groups attached to an aromatic ring is 1. The molecule has 1 amide bonds. The van der Waals surface area contributed by atoms with Crippen LogP contribution in [0.1, 0.15) is 24.3 Å². The van der Waals surface area contributed by atoms with Crippen molar-refractivity contribution in [2.24, 2.45) is 0 Å². The number of aromatic nitrogens is 1. The van der Waals surface area contributed by atoms with Crippen molar-refractivity contribution in [2.75, 3.05) is 25.5 Å². The number of amides is 1. The highest BCUT2D eigenvalue weighted by molar-refractivity contribution is 5.96. The van der Waals surface area contributed by atoms with Gasteiger partial charge in [0.25, 0.3) is 5.91 Å². The number of hydrogen-bond donors (Lipinski definition) is 2. The first-order valence-corrected chi connectivity index (χ1v) is 5.90. The van der Waals surface area contributed by atoms with Gasteiger partial charge < -0.3 is 20.5 Å². The van der Waals surface area contributed by atoms with E-state index >= 15 is 0 Å². The van der Waals surface area contributed by atoms with Crippen LogP contribution in [0.15, 0.2) is 18.3 Å². The lowest BCUT2D eigenvalue weighted by Gasteiger charge is -2.17. The van der Waals surface area contributed by atoms with Crippen molar-refractivity contribution in [3.8, 4) is 0 Å². The van der Waals surface area contributed by atoms with Crippen LogP contribution in [0.25, 0.3) is 0 Å². The highest BCUT2D eigenvalue weighted by Gasteiger charge is 2.14. The number of hydrogen-bond acceptors (Lipinski definition) is 5. The summed E-state index contributed by atoms with van der Waals surface area (Å²) >= 11 is 0. The maximum Gasteiger partial charge on any atom is 0.272 e. The van der Waals surface area contributed by atoms with E-state index in [1.807, 2.05) is 13.8 Å². The number of ether oxygens (including phenoxy) is 2. The molecule has 1 aromatic rings. The zero-order chi connectivity index (χ0) is 13.4. The second-order valence-electron chi connectivity index (χ2n) is 3.49. The first-order chi connectivity index (χ1) is 8.69. The molecule has 0 aliphatic carbocycles. The standard InChI is InChI=1S/C12H19N3O3/c1-3-17-10(18-4-2)8-15-12(16)11-9(13)6-5-7-14-11/h5-7,10H,3-4,8,13H2,1-2H3,(H,15,16). The molecule has 1 aromatic heterocycles. The van der Waals surface area contributed by atoms with Gasteiger partial charge in [0, 0.05) is 19.4 Å². The van der Waals surface area contributed by atoms with E-state index in [-0.39, 0.29) is 18.1 Å². The van der Waals surface area contributed by atoms with Gasteiger partial charge in [0.2, 0.25) is 0 Å². The van der Waals surface area contributed by atoms with Crippen LogP contribution in [-0.2, 0) is 9.47 Å². The largest absolute Gasteiger partial charge is 0.397 e. The molecule has 0 radical (unpaired) electrons. The van der Waals surface area contributed by atoms with Crippen LogP contribution >= 0.6 is 0 Å². The normalized spacial score (nSPS) is 10.6. The highest BCUT2D eigenvalue weighted by atomic mass is 16.7. The third-order valence-electron chi connectivity index (χ3n) is 2.19. The fourth-order valence-electron chi connectivity index (χ4n) is 1.40. The van der Waals surface area contributed by atoms with Gasteiger partial charge in [0.1, 0.15) is 0 Å². The smallest absolute Gasteiger partial charge is 0.272 e. The molecule has 3 N–H and O–H groups in total. The maximum atomic E-state index is 11.8. The van der Waals surface area contributed by atoms with E-state index in [0.29, 0.717) is 18.9 Å². The lowest BCUT2D eigenvalue weighted by Crippen LogP contribution is -2.36. The molecule has 0 aromatic carbocycles. The fraction of sp³-hybridized carbons (Fsp3) is 0.500. The molecule has 0 unspecified atom stereocenters. The van der Waals surface area contributed by atoms with Gasteiger partial charge in [-0.2, -0.15) is 0 Å². The molecule has 6 nitrogen and oxygen atoms in total. The van der Waals surface area contributed by atoms with Crippen molar-refractivity contribution in [1.82, 2.24) is 10.3 Å². The second kappa shape index (κ2) is 7.62. The molecule has 6 heteroatoms. The van der Waals surface area contributed by atoms with Crippen molar-refractivity contribution in [3.05, 3.63) is 24.0 Å². The quantitative estimate of drug-likeness (QED) is 0.702. The highest BCUT2D eigenvalue weighted by Crippen LogP contribution is 2.06. The average Bonchev–Trinajstić information content (AvgIpc) is 2.36. The molecule has 0 saturated carbocycles. The average molecular weight is 253 g/mol. The molecule has 0 fully saturated rings. The predicted molar refractivity (Wildman–Crippen MR) is 68.0 cm³/mol. The third-order valence-corrected chi connectivity index (χ3v) is 2.19. The molecule has 0 aliphatic rings. The van der Waals surface area contributed by atoms with Gasteiger partial charge in [0.05, 0.1) is 12.2 Å². The Hall–Kier alpha value is -1.66. The zero-order valence-electron chi connectivity index (χ0n) is 10.7. The summed E-state index contributed by atoms with van der Waals surface area (Å²) in [5.74, 6) is -0.336. The van der Waals surface area contributed by atoms with E-state index in [2.05, 4.69) is 10.3 Å². The number of carbonyl (C=O) groups excluding carboxylic acids is 1. The summed E-state index contributed by atoms with van der Waals surface area (Å²) in [6.45, 7) is 5.03. The van der Waals surface area contributed by atoms with Gasteiger partial charge in [-0.1, -0.05) is 0 Å². The Bertz CT molecular complexity index is 379. The minimum atomic E-state index is -0.450. The number of carbonyl (C=O) groups is 1. The van der Waals surface area contributed by atoms with Gasteiger partial charge in [-0.05, 0) is 26.0 Å². The van der Waals surface area contributed by atoms with Crippen LogP contribution in [0, 0.1) is 0 Å². The van der Waals surface area contributed by atoms with Gasteiger partial charge in [-0.25, -0.2) is 4.98 Å². The van der Waals surface area contributed by atoms with Crippen molar-refractivity contribution in [3.63, 3.8) is 0 Å². The van der Waals surface area contributed by atoms with Crippen LogP contribution < -0.4 is 11.1 Å². The van der Waals surface area contributed by atoms with Crippen LogP contribution in [-0.4, -0.2) is 36.9 Å². The molecular weight excluding hydrogens is 234 g/mol. The fourth-order valence-corrected chi connectivity index (χ4v) is 1.40. The molecule has 0 atom stereocenters. The SMILES string of the molecule is CCOC(CNC(=O)c1ncccc1N)OCC. The summed E-state index contributed by atoms with van der Waals surface area (Å²) in [7, 11) is 0. The monoisotopic (exact) mass is 253 g/mol. The van der Waals surface area contributed by atoms with Gasteiger partial charge in [-0.15, -0.1) is 0 Å². The Kier molecular flexibility index (Phi) is 6.10. The van der Waals surface area contributed by atoms with E-state index < -0.39 is 6.29 Å². The zero-order valence-corrected chi connectivity index (χ0v) is 10.7. The van der Waals surface area contributed by atoms with Crippen LogP contribution in [0.3, 0.4) is 0 Å². The van der Waals surface area contributed by atoms with Crippen LogP contribution in [0.5, 0.6) is 0 Å². The lowest BCUT2D eigenvalue weighted by atomic mass is 10.3. The van der Waals surface area contributed by atoms with Crippen molar-refractivity contribution >= 4 is 11.6 Å². The number of rotatable bonds is 7. The topological polar surface area (TPSA) is 86.5 Å². The Labute approximate surface area is 106 Å². The molecule has 0 aliphatic heterocycles. The predicted octanol–water partition coefficient (Wildman–Crippen LogP) is 0.793. The third kappa shape index (κ3) is 4.31. The van der Waals surface area contributed by atoms with Crippen molar-refractivity contribution in [1.29, 1.82) is 0 Å². The minimum Gasteiger partial charge on any atom is -0.397 e. The molecule has 0 bridgehead atoms. The summed E-state index contributed by atoms with van der Waals surface area (Å²) in [4.78, 5) is 15.7. The number of pyridine rings is 1. The number of nitrogens with two attached hydrogens (primary N) is 1. The lowest BCUT2D eigenvalue weighted by molar-refractivity contribution is -0.131. The van der Waals surface area contributed by atoms with E-state index in [9.17, 15) is 4.79 Å². The van der Waals surface area contributed by atoms with E-state index in [1.165, 1.54) is 6.20 Å². The molecule has 0 spiro atoms. The molecular formula is C12H19N3O3. The Morgan fingerprint density at radius 2 is 2.11 bits per heavy atom. The molecule has 100 valence electrons. The Morgan fingerprint density at radius 3 is 2.67 bits per heavy atom. The minimum absolute atomic E-state index is 0.212. The molecule has 0 saturated heterocycles. The van der Waals surface area contributed by atoms with E-state index in [4.69, 9.17) is 15.2 Å². The maximum absolute atomic E-state index is 11.8. The summed E-state index contributed by atoms with van der Waals surface area (Å²) < 4.78 is 10.6. The van der Waals surface area contributed by atoms with Crippen molar-refractivity contribution in [2.45, 2.75) is 20.1 Å². The number of nitrogens with one attached hydrogen (secondary N) is 1. The second-order valence-corrected chi connectivity index (χ2v) is 3.49. The first kappa shape index (κ1) is 14.4. The van der Waals surface area contributed by atoms with Crippen LogP contribution in [0.2, 0.25) is 0 Å². The molecule has 18 heavy (non-hydrogen) atoms. The van der Waals surface area contributed by atoms with E-state index in [1.54, 1.807) is 12.1 Å². The summed E-state index contributed by atoms with van der Waals surface area (Å²) in [5, 5.41) is 2.68. The summed E-state index contributed by atoms with van der Waals surface area (Å²) in [5.41, 5.74) is 6.22. The van der Waals surface area contributed by atoms with E-state index in [0.717, 1.165) is 0 Å². The Morgan fingerprint density at radius 1 is 1.44 bits per heavy atom. The molecule has 1 heterocycles. The van der Waals surface area contributed by atoms with Gasteiger partial charge >= 0.3 is 0 Å². The van der Waals surface area contributed by atoms with Crippen LogP contribution in [0.4, 0.5) is 5.69 Å². The molecule has 1 rings (SSSR count). The van der Waals surface area contributed by atoms with Gasteiger partial charge in [0.15, 0.2) is 12.0 Å². The Balaban J connectivity index is 2.52. The summed E-state index contributed by atoms with van der Waals surface area (Å²) in [6, 6.07) is 3.31. The number of nitrogens with zero attached hydrogens (tertiary/aromatic N) is 1. The summed E-state index contributed by atoms with van der Waals surface area (Å²) in [6.07, 6.45) is 1.07. The first-order valence-electron chi connectivity index (χ1n) is 5.90.